The summed E-state index contributed by atoms with van der Waals surface area (Å²) in [6, 6.07) is -0.169. The molecule has 0 radical (unpaired) electrons. The van der Waals surface area contributed by atoms with Crippen LogP contribution in [-0.4, -0.2) is 29.4 Å². The molecule has 4 heteroatoms. The Bertz CT molecular complexity index is 323. The monoisotopic (exact) mass is 269 g/mol. The molecular formula is C15H27NO3. The summed E-state index contributed by atoms with van der Waals surface area (Å²) >= 11 is 0. The van der Waals surface area contributed by atoms with Gasteiger partial charge in [0.2, 0.25) is 0 Å². The largest absolute Gasteiger partial charge is 0.444 e. The molecule has 19 heavy (non-hydrogen) atoms. The molecule has 4 nitrogen and oxygen atoms in total. The Morgan fingerprint density at radius 1 is 1.42 bits per heavy atom. The maximum atomic E-state index is 11.7. The van der Waals surface area contributed by atoms with E-state index in [4.69, 9.17) is 4.74 Å². The van der Waals surface area contributed by atoms with Gasteiger partial charge >= 0.3 is 6.09 Å². The molecule has 2 N–H and O–H groups in total. The summed E-state index contributed by atoms with van der Waals surface area (Å²) in [5.74, 6) is 0.660. The first-order valence-corrected chi connectivity index (χ1v) is 7.42. The number of alkyl carbamates (subject to hydrolysis) is 1. The average molecular weight is 269 g/mol. The lowest BCUT2D eigenvalue weighted by Crippen LogP contribution is -2.47. The number of aliphatic hydroxyl groups is 1. The van der Waals surface area contributed by atoms with Crippen LogP contribution in [-0.2, 0) is 4.74 Å². The van der Waals surface area contributed by atoms with Gasteiger partial charge in [-0.05, 0) is 64.2 Å². The van der Waals surface area contributed by atoms with Crippen molar-refractivity contribution in [2.75, 3.05) is 6.61 Å². The Balaban J connectivity index is 1.70. The zero-order chi connectivity index (χ0) is 14.1. The van der Waals surface area contributed by atoms with Crippen LogP contribution in [0.25, 0.3) is 0 Å². The molecular weight excluding hydrogens is 242 g/mol. The molecule has 0 heterocycles. The molecule has 0 aliphatic heterocycles. The second-order valence-corrected chi connectivity index (χ2v) is 7.39. The standard InChI is InChI=1S/C15H27NO3/c1-14(2,3)19-13(18)16-12(10-17)7-11-8-15(9-11)5-4-6-15/h11-12,17H,4-10H2,1-3H3,(H,16,18). The van der Waals surface area contributed by atoms with Crippen molar-refractivity contribution < 1.29 is 14.6 Å². The third-order valence-corrected chi connectivity index (χ3v) is 4.42. The summed E-state index contributed by atoms with van der Waals surface area (Å²) in [5, 5.41) is 12.1. The highest BCUT2D eigenvalue weighted by atomic mass is 16.6. The highest BCUT2D eigenvalue weighted by Crippen LogP contribution is 2.59. The van der Waals surface area contributed by atoms with Gasteiger partial charge in [-0.15, -0.1) is 0 Å². The first kappa shape index (κ1) is 14.6. The number of aliphatic hydroxyl groups excluding tert-OH is 1. The van der Waals surface area contributed by atoms with Crippen LogP contribution in [0.2, 0.25) is 0 Å². The number of carbonyl (C=O) groups excluding carboxylic acids is 1. The van der Waals surface area contributed by atoms with E-state index in [-0.39, 0.29) is 12.6 Å². The molecule has 1 spiro atoms. The fourth-order valence-electron chi connectivity index (χ4n) is 3.47. The van der Waals surface area contributed by atoms with Crippen molar-refractivity contribution in [1.82, 2.24) is 5.32 Å². The van der Waals surface area contributed by atoms with Gasteiger partial charge in [0.1, 0.15) is 5.60 Å². The van der Waals surface area contributed by atoms with Crippen LogP contribution < -0.4 is 5.32 Å². The van der Waals surface area contributed by atoms with Gasteiger partial charge in [0, 0.05) is 0 Å². The number of rotatable bonds is 4. The van der Waals surface area contributed by atoms with Crippen molar-refractivity contribution in [3.8, 4) is 0 Å². The van der Waals surface area contributed by atoms with E-state index in [1.165, 1.54) is 32.1 Å². The number of carbonyl (C=O) groups is 1. The smallest absolute Gasteiger partial charge is 0.407 e. The molecule has 0 saturated heterocycles. The van der Waals surface area contributed by atoms with Gasteiger partial charge in [-0.3, -0.25) is 0 Å². The van der Waals surface area contributed by atoms with E-state index < -0.39 is 11.7 Å². The lowest BCUT2D eigenvalue weighted by atomic mass is 9.51. The molecule has 2 rings (SSSR count). The van der Waals surface area contributed by atoms with Crippen molar-refractivity contribution in [2.45, 2.75) is 70.9 Å². The van der Waals surface area contributed by atoms with Gasteiger partial charge in [0.25, 0.3) is 0 Å². The third kappa shape index (κ3) is 3.85. The zero-order valence-electron chi connectivity index (χ0n) is 12.4. The molecule has 1 amide bonds. The second-order valence-electron chi connectivity index (χ2n) is 7.39. The summed E-state index contributed by atoms with van der Waals surface area (Å²) in [7, 11) is 0. The Labute approximate surface area is 115 Å². The predicted molar refractivity (Wildman–Crippen MR) is 73.9 cm³/mol. The topological polar surface area (TPSA) is 58.6 Å². The summed E-state index contributed by atoms with van der Waals surface area (Å²) in [6.45, 7) is 5.51. The van der Waals surface area contributed by atoms with E-state index in [0.717, 1.165) is 6.42 Å². The minimum absolute atomic E-state index is 0.0112. The van der Waals surface area contributed by atoms with Gasteiger partial charge in [0.15, 0.2) is 0 Å². The lowest BCUT2D eigenvalue weighted by molar-refractivity contribution is -0.0340. The molecule has 110 valence electrons. The van der Waals surface area contributed by atoms with Crippen molar-refractivity contribution >= 4 is 6.09 Å². The molecule has 0 aromatic rings. The molecule has 2 fully saturated rings. The quantitative estimate of drug-likeness (QED) is 0.825. The van der Waals surface area contributed by atoms with Crippen LogP contribution in [0.3, 0.4) is 0 Å². The first-order chi connectivity index (χ1) is 8.82. The average Bonchev–Trinajstić information content (AvgIpc) is 2.15. The van der Waals surface area contributed by atoms with Crippen LogP contribution in [0.1, 0.15) is 59.3 Å². The van der Waals surface area contributed by atoms with Gasteiger partial charge in [-0.2, -0.15) is 0 Å². The molecule has 2 aliphatic rings. The fraction of sp³-hybridized carbons (Fsp3) is 0.933. The van der Waals surface area contributed by atoms with Crippen LogP contribution in [0.4, 0.5) is 4.79 Å². The van der Waals surface area contributed by atoms with Gasteiger partial charge in [0.05, 0.1) is 12.6 Å². The normalized spacial score (nSPS) is 23.4. The van der Waals surface area contributed by atoms with E-state index in [2.05, 4.69) is 5.32 Å². The van der Waals surface area contributed by atoms with Gasteiger partial charge in [-0.1, -0.05) is 6.42 Å². The van der Waals surface area contributed by atoms with Crippen LogP contribution in [0.5, 0.6) is 0 Å². The van der Waals surface area contributed by atoms with Crippen molar-refractivity contribution in [2.24, 2.45) is 11.3 Å². The molecule has 0 aromatic carbocycles. The minimum atomic E-state index is -0.490. The highest BCUT2D eigenvalue weighted by Gasteiger charge is 2.48. The van der Waals surface area contributed by atoms with Gasteiger partial charge in [-0.25, -0.2) is 4.79 Å². The fourth-order valence-corrected chi connectivity index (χ4v) is 3.47. The van der Waals surface area contributed by atoms with E-state index in [9.17, 15) is 9.90 Å². The van der Waals surface area contributed by atoms with Gasteiger partial charge < -0.3 is 15.2 Å². The summed E-state index contributed by atoms with van der Waals surface area (Å²) in [5.41, 5.74) is 0.160. The SMILES string of the molecule is CC(C)(C)OC(=O)NC(CO)CC1CC2(CCC2)C1. The minimum Gasteiger partial charge on any atom is -0.444 e. The van der Waals surface area contributed by atoms with Crippen molar-refractivity contribution in [3.63, 3.8) is 0 Å². The Hall–Kier alpha value is -0.770. The molecule has 0 bridgehead atoms. The third-order valence-electron chi connectivity index (χ3n) is 4.42. The van der Waals surface area contributed by atoms with E-state index in [1.807, 2.05) is 20.8 Å². The molecule has 0 aromatic heterocycles. The molecule has 1 unspecified atom stereocenters. The number of ether oxygens (including phenoxy) is 1. The summed E-state index contributed by atoms with van der Waals surface area (Å²) < 4.78 is 5.22. The van der Waals surface area contributed by atoms with E-state index in [1.54, 1.807) is 0 Å². The zero-order valence-corrected chi connectivity index (χ0v) is 12.4. The van der Waals surface area contributed by atoms with Crippen LogP contribution >= 0.6 is 0 Å². The Morgan fingerprint density at radius 3 is 2.47 bits per heavy atom. The van der Waals surface area contributed by atoms with Crippen molar-refractivity contribution in [1.29, 1.82) is 0 Å². The van der Waals surface area contributed by atoms with Crippen LogP contribution in [0, 0.1) is 11.3 Å². The maximum absolute atomic E-state index is 11.7. The van der Waals surface area contributed by atoms with E-state index >= 15 is 0 Å². The van der Waals surface area contributed by atoms with E-state index in [0.29, 0.717) is 11.3 Å². The molecule has 2 saturated carbocycles. The second kappa shape index (κ2) is 5.31. The first-order valence-electron chi connectivity index (χ1n) is 7.42. The number of nitrogens with one attached hydrogen (secondary N) is 1. The number of hydrogen-bond donors (Lipinski definition) is 2. The number of hydrogen-bond acceptors (Lipinski definition) is 3. The molecule has 2 aliphatic carbocycles. The maximum Gasteiger partial charge on any atom is 0.407 e. The van der Waals surface area contributed by atoms with Crippen molar-refractivity contribution in [3.05, 3.63) is 0 Å². The molecule has 1 atom stereocenters. The van der Waals surface area contributed by atoms with Crippen LogP contribution in [0.15, 0.2) is 0 Å². The summed E-state index contributed by atoms with van der Waals surface area (Å²) in [4.78, 5) is 11.7. The lowest BCUT2D eigenvalue weighted by Gasteiger charge is -2.55. The predicted octanol–water partition coefficient (Wildman–Crippen LogP) is 2.84. The Kier molecular flexibility index (Phi) is 4.09. The summed E-state index contributed by atoms with van der Waals surface area (Å²) in [6.07, 6.45) is 7.15. The Morgan fingerprint density at radius 2 is 2.05 bits per heavy atom. The number of amides is 1. The highest BCUT2D eigenvalue weighted by molar-refractivity contribution is 5.68.